The number of hydrogen-bond donors (Lipinski definition) is 1. The van der Waals surface area contributed by atoms with Gasteiger partial charge in [-0.05, 0) is 42.5 Å². The van der Waals surface area contributed by atoms with Crippen molar-refractivity contribution in [2.24, 2.45) is 23.7 Å². The minimum absolute atomic E-state index is 0.0979. The van der Waals surface area contributed by atoms with Crippen LogP contribution in [0.3, 0.4) is 0 Å². The minimum Gasteiger partial charge on any atom is -0.374 e. The number of carbonyl (C=O) groups is 2. The predicted octanol–water partition coefficient (Wildman–Crippen LogP) is 2.91. The van der Waals surface area contributed by atoms with Crippen molar-refractivity contribution in [3.8, 4) is 0 Å². The van der Waals surface area contributed by atoms with E-state index in [1.54, 1.807) is 18.3 Å². The van der Waals surface area contributed by atoms with Crippen LogP contribution in [0.5, 0.6) is 0 Å². The van der Waals surface area contributed by atoms with Crippen molar-refractivity contribution in [2.75, 3.05) is 10.2 Å². The molecule has 0 spiro atoms. The van der Waals surface area contributed by atoms with Crippen molar-refractivity contribution in [3.63, 3.8) is 0 Å². The van der Waals surface area contributed by atoms with E-state index in [0.29, 0.717) is 12.2 Å². The lowest BCUT2D eigenvalue weighted by Gasteiger charge is -2.18. The number of pyridine rings is 1. The standard InChI is InChI=1S/C21H18N4O4/c26-20-18-12-4-5-13(9-12)19(18)21(27)24(20)15-6-7-16(17(10-15)25(28)29)23-11-14-3-1-2-8-22-14/h1-8,10,12-13,18-19,23H,9,11H2. The molecule has 2 aliphatic carbocycles. The molecular weight excluding hydrogens is 372 g/mol. The summed E-state index contributed by atoms with van der Waals surface area (Å²) < 4.78 is 0. The van der Waals surface area contributed by atoms with Gasteiger partial charge in [-0.25, -0.2) is 4.90 Å². The maximum absolute atomic E-state index is 12.9. The van der Waals surface area contributed by atoms with Crippen molar-refractivity contribution in [1.29, 1.82) is 0 Å². The van der Waals surface area contributed by atoms with E-state index in [-0.39, 0.29) is 46.9 Å². The van der Waals surface area contributed by atoms with Crippen LogP contribution in [-0.4, -0.2) is 21.7 Å². The van der Waals surface area contributed by atoms with Gasteiger partial charge in [0.05, 0.1) is 34.7 Å². The predicted molar refractivity (Wildman–Crippen MR) is 105 cm³/mol. The Hall–Kier alpha value is -3.55. The first-order valence-corrected chi connectivity index (χ1v) is 9.53. The number of nitro groups is 1. The van der Waals surface area contributed by atoms with Crippen LogP contribution in [0.15, 0.2) is 54.7 Å². The molecule has 3 aliphatic rings. The second-order valence-corrected chi connectivity index (χ2v) is 7.64. The topological polar surface area (TPSA) is 105 Å². The average molecular weight is 390 g/mol. The van der Waals surface area contributed by atoms with Gasteiger partial charge in [0.15, 0.2) is 0 Å². The smallest absolute Gasteiger partial charge is 0.294 e. The molecule has 29 heavy (non-hydrogen) atoms. The van der Waals surface area contributed by atoms with E-state index in [4.69, 9.17) is 0 Å². The number of nitrogens with one attached hydrogen (secondary N) is 1. The van der Waals surface area contributed by atoms with Gasteiger partial charge in [-0.3, -0.25) is 24.7 Å². The number of aromatic nitrogens is 1. The van der Waals surface area contributed by atoms with E-state index in [9.17, 15) is 19.7 Å². The molecule has 146 valence electrons. The number of carbonyl (C=O) groups excluding carboxylic acids is 2. The molecule has 8 heteroatoms. The summed E-state index contributed by atoms with van der Waals surface area (Å²) in [5.74, 6) is -0.973. The maximum Gasteiger partial charge on any atom is 0.294 e. The maximum atomic E-state index is 12.9. The summed E-state index contributed by atoms with van der Waals surface area (Å²) in [5.41, 5.74) is 1.12. The quantitative estimate of drug-likeness (QED) is 0.364. The molecule has 4 unspecified atom stereocenters. The van der Waals surface area contributed by atoms with Gasteiger partial charge in [0.2, 0.25) is 11.8 Å². The fourth-order valence-corrected chi connectivity index (χ4v) is 4.80. The number of rotatable bonds is 5. The van der Waals surface area contributed by atoms with Crippen LogP contribution in [0.2, 0.25) is 0 Å². The summed E-state index contributed by atoms with van der Waals surface area (Å²) in [7, 11) is 0. The van der Waals surface area contributed by atoms with Gasteiger partial charge >= 0.3 is 0 Å². The Morgan fingerprint density at radius 2 is 1.83 bits per heavy atom. The molecular formula is C21H18N4O4. The molecule has 1 aromatic carbocycles. The normalized spacial score (nSPS) is 26.8. The molecule has 1 N–H and O–H groups in total. The summed E-state index contributed by atoms with van der Waals surface area (Å²) in [5, 5.41) is 14.6. The molecule has 4 atom stereocenters. The summed E-state index contributed by atoms with van der Waals surface area (Å²) in [4.78, 5) is 42.3. The molecule has 2 aromatic rings. The number of anilines is 2. The zero-order valence-electron chi connectivity index (χ0n) is 15.4. The lowest BCUT2D eigenvalue weighted by molar-refractivity contribution is -0.383. The van der Waals surface area contributed by atoms with Gasteiger partial charge in [0.1, 0.15) is 5.69 Å². The fourth-order valence-electron chi connectivity index (χ4n) is 4.80. The zero-order chi connectivity index (χ0) is 20.1. The van der Waals surface area contributed by atoms with Crippen LogP contribution in [0.1, 0.15) is 12.1 Å². The molecule has 8 nitrogen and oxygen atoms in total. The van der Waals surface area contributed by atoms with Crippen molar-refractivity contribution in [3.05, 3.63) is 70.6 Å². The Kier molecular flexibility index (Phi) is 3.94. The van der Waals surface area contributed by atoms with Gasteiger partial charge in [-0.15, -0.1) is 0 Å². The summed E-state index contributed by atoms with van der Waals surface area (Å²) in [6.45, 7) is 0.321. The first-order valence-electron chi connectivity index (χ1n) is 9.53. The van der Waals surface area contributed by atoms with E-state index < -0.39 is 4.92 Å². The van der Waals surface area contributed by atoms with Gasteiger partial charge in [-0.2, -0.15) is 0 Å². The molecule has 2 bridgehead atoms. The second kappa shape index (κ2) is 6.51. The third-order valence-corrected chi connectivity index (χ3v) is 6.09. The van der Waals surface area contributed by atoms with E-state index in [1.807, 2.05) is 24.3 Å². The van der Waals surface area contributed by atoms with Gasteiger partial charge in [-0.1, -0.05) is 18.2 Å². The summed E-state index contributed by atoms with van der Waals surface area (Å²) >= 11 is 0. The fraction of sp³-hybridized carbons (Fsp3) is 0.286. The number of nitrogens with zero attached hydrogens (tertiary/aromatic N) is 3. The number of amides is 2. The molecule has 1 saturated heterocycles. The Morgan fingerprint density at radius 3 is 2.45 bits per heavy atom. The van der Waals surface area contributed by atoms with Crippen molar-refractivity contribution < 1.29 is 14.5 Å². The largest absolute Gasteiger partial charge is 0.374 e. The molecule has 1 aromatic heterocycles. The van der Waals surface area contributed by atoms with Crippen molar-refractivity contribution in [2.45, 2.75) is 13.0 Å². The van der Waals surface area contributed by atoms with Gasteiger partial charge in [0, 0.05) is 12.3 Å². The third-order valence-electron chi connectivity index (χ3n) is 6.09. The first-order chi connectivity index (χ1) is 14.0. The average Bonchev–Trinajstić information content (AvgIpc) is 3.41. The van der Waals surface area contributed by atoms with Crippen LogP contribution < -0.4 is 10.2 Å². The Balaban J connectivity index is 1.43. The van der Waals surface area contributed by atoms with E-state index in [1.165, 1.54) is 12.1 Å². The lowest BCUT2D eigenvalue weighted by atomic mass is 9.85. The Labute approximate surface area is 166 Å². The van der Waals surface area contributed by atoms with E-state index >= 15 is 0 Å². The number of allylic oxidation sites excluding steroid dienone is 2. The molecule has 1 saturated carbocycles. The molecule has 2 heterocycles. The highest BCUT2D eigenvalue weighted by Crippen LogP contribution is 2.53. The van der Waals surface area contributed by atoms with Crippen molar-refractivity contribution >= 4 is 28.9 Å². The van der Waals surface area contributed by atoms with Crippen LogP contribution in [0.4, 0.5) is 17.1 Å². The first kappa shape index (κ1) is 17.5. The highest BCUT2D eigenvalue weighted by Gasteiger charge is 2.59. The SMILES string of the molecule is O=C1C2C3C=CC(C3)C2C(=O)N1c1ccc(NCc2ccccn2)c([N+](=O)[O-])c1. The molecule has 2 fully saturated rings. The molecule has 5 rings (SSSR count). The molecule has 1 aliphatic heterocycles. The van der Waals surface area contributed by atoms with Crippen molar-refractivity contribution in [1.82, 2.24) is 4.98 Å². The van der Waals surface area contributed by atoms with Gasteiger partial charge in [0.25, 0.3) is 5.69 Å². The van der Waals surface area contributed by atoms with Crippen LogP contribution >= 0.6 is 0 Å². The second-order valence-electron chi connectivity index (χ2n) is 7.64. The Bertz CT molecular complexity index is 1020. The number of imide groups is 1. The van der Waals surface area contributed by atoms with Crippen LogP contribution in [-0.2, 0) is 16.1 Å². The van der Waals surface area contributed by atoms with E-state index in [2.05, 4.69) is 10.3 Å². The molecule has 2 amide bonds. The zero-order valence-corrected chi connectivity index (χ0v) is 15.4. The Morgan fingerprint density at radius 1 is 1.10 bits per heavy atom. The minimum atomic E-state index is -0.513. The number of nitro benzene ring substituents is 1. The van der Waals surface area contributed by atoms with Gasteiger partial charge < -0.3 is 5.32 Å². The highest BCUT2D eigenvalue weighted by molar-refractivity contribution is 6.23. The van der Waals surface area contributed by atoms with Crippen LogP contribution in [0, 0.1) is 33.8 Å². The number of fused-ring (bicyclic) bond motifs is 5. The number of benzene rings is 1. The lowest BCUT2D eigenvalue weighted by Crippen LogP contribution is -2.32. The van der Waals surface area contributed by atoms with Crippen LogP contribution in [0.25, 0.3) is 0 Å². The monoisotopic (exact) mass is 390 g/mol. The summed E-state index contributed by atoms with van der Waals surface area (Å²) in [6.07, 6.45) is 6.54. The highest BCUT2D eigenvalue weighted by atomic mass is 16.6. The molecule has 0 radical (unpaired) electrons. The van der Waals surface area contributed by atoms with E-state index in [0.717, 1.165) is 17.0 Å². The number of hydrogen-bond acceptors (Lipinski definition) is 6. The third kappa shape index (κ3) is 2.71. The summed E-state index contributed by atoms with van der Waals surface area (Å²) in [6, 6.07) is 9.87.